The SMILES string of the molecule is COC(=O)C1CCCC(C(=O)Nc2ccc(C3CCN(C(=O)c4ccccc4OC(F)F)CC3)cc2)C1. The number of hydrogen-bond donors (Lipinski definition) is 1. The summed E-state index contributed by atoms with van der Waals surface area (Å²) in [7, 11) is 1.38. The number of carbonyl (C=O) groups excluding carboxylic acids is 3. The third kappa shape index (κ3) is 6.64. The summed E-state index contributed by atoms with van der Waals surface area (Å²) in [5.74, 6) is -0.943. The van der Waals surface area contributed by atoms with Gasteiger partial charge in [0.25, 0.3) is 5.91 Å². The van der Waals surface area contributed by atoms with Crippen molar-refractivity contribution in [2.24, 2.45) is 11.8 Å². The number of methoxy groups -OCH3 is 1. The quantitative estimate of drug-likeness (QED) is 0.512. The molecular formula is C28H32F2N2O5. The van der Waals surface area contributed by atoms with Crippen LogP contribution in [0.25, 0.3) is 0 Å². The Balaban J connectivity index is 1.30. The van der Waals surface area contributed by atoms with Crippen molar-refractivity contribution in [2.75, 3.05) is 25.5 Å². The summed E-state index contributed by atoms with van der Waals surface area (Å²) < 4.78 is 34.8. The van der Waals surface area contributed by atoms with Gasteiger partial charge >= 0.3 is 12.6 Å². The summed E-state index contributed by atoms with van der Waals surface area (Å²) in [5, 5.41) is 2.97. The molecule has 2 fully saturated rings. The molecule has 2 aromatic carbocycles. The molecule has 7 nitrogen and oxygen atoms in total. The van der Waals surface area contributed by atoms with Gasteiger partial charge in [0, 0.05) is 24.7 Å². The number of esters is 1. The fourth-order valence-corrected chi connectivity index (χ4v) is 5.32. The molecule has 2 aromatic rings. The molecule has 2 unspecified atom stereocenters. The molecule has 4 rings (SSSR count). The average molecular weight is 515 g/mol. The van der Waals surface area contributed by atoms with E-state index in [1.54, 1.807) is 17.0 Å². The molecule has 2 atom stereocenters. The van der Waals surface area contributed by atoms with Gasteiger partial charge in [0.15, 0.2) is 0 Å². The second-order valence-electron chi connectivity index (χ2n) is 9.64. The minimum atomic E-state index is -2.99. The fourth-order valence-electron chi connectivity index (χ4n) is 5.32. The summed E-state index contributed by atoms with van der Waals surface area (Å²) in [6.45, 7) is -1.98. The summed E-state index contributed by atoms with van der Waals surface area (Å²) in [6, 6.07) is 13.8. The second kappa shape index (κ2) is 12.2. The van der Waals surface area contributed by atoms with E-state index in [1.165, 1.54) is 19.2 Å². The number of para-hydroxylation sites is 1. The van der Waals surface area contributed by atoms with E-state index in [-0.39, 0.29) is 46.9 Å². The molecule has 1 N–H and O–H groups in total. The third-order valence-corrected chi connectivity index (χ3v) is 7.34. The number of hydrogen-bond acceptors (Lipinski definition) is 5. The molecule has 1 heterocycles. The van der Waals surface area contributed by atoms with E-state index in [2.05, 4.69) is 10.1 Å². The van der Waals surface area contributed by atoms with Crippen molar-refractivity contribution >= 4 is 23.5 Å². The van der Waals surface area contributed by atoms with Gasteiger partial charge in [-0.1, -0.05) is 30.7 Å². The fraction of sp³-hybridized carbons (Fsp3) is 0.464. The number of nitrogens with one attached hydrogen (secondary N) is 1. The van der Waals surface area contributed by atoms with Gasteiger partial charge in [-0.15, -0.1) is 0 Å². The first kappa shape index (κ1) is 26.6. The summed E-state index contributed by atoms with van der Waals surface area (Å²) in [6.07, 6.45) is 4.33. The molecule has 1 aliphatic heterocycles. The molecule has 37 heavy (non-hydrogen) atoms. The highest BCUT2D eigenvalue weighted by molar-refractivity contribution is 5.97. The minimum absolute atomic E-state index is 0.0794. The van der Waals surface area contributed by atoms with E-state index in [1.807, 2.05) is 24.3 Å². The zero-order valence-corrected chi connectivity index (χ0v) is 20.8. The minimum Gasteiger partial charge on any atom is -0.469 e. The first-order valence-electron chi connectivity index (χ1n) is 12.7. The summed E-state index contributed by atoms with van der Waals surface area (Å²) in [5.41, 5.74) is 1.96. The molecule has 2 amide bonds. The molecule has 0 spiro atoms. The average Bonchev–Trinajstić information content (AvgIpc) is 2.93. The summed E-state index contributed by atoms with van der Waals surface area (Å²) >= 11 is 0. The van der Waals surface area contributed by atoms with E-state index in [0.29, 0.717) is 25.2 Å². The molecule has 1 aliphatic carbocycles. The van der Waals surface area contributed by atoms with Crippen molar-refractivity contribution in [1.29, 1.82) is 0 Å². The number of carbonyl (C=O) groups is 3. The van der Waals surface area contributed by atoms with Crippen molar-refractivity contribution in [3.8, 4) is 5.75 Å². The number of rotatable bonds is 7. The highest BCUT2D eigenvalue weighted by atomic mass is 19.3. The third-order valence-electron chi connectivity index (χ3n) is 7.34. The number of ether oxygens (including phenoxy) is 2. The number of benzene rings is 2. The lowest BCUT2D eigenvalue weighted by Crippen LogP contribution is -2.38. The van der Waals surface area contributed by atoms with Crippen molar-refractivity contribution < 1.29 is 32.6 Å². The Bertz CT molecular complexity index is 1100. The van der Waals surface area contributed by atoms with Gasteiger partial charge in [-0.3, -0.25) is 14.4 Å². The summed E-state index contributed by atoms with van der Waals surface area (Å²) in [4.78, 5) is 39.2. The molecule has 0 bridgehead atoms. The molecule has 198 valence electrons. The molecule has 0 aromatic heterocycles. The molecule has 0 radical (unpaired) electrons. The Hall–Kier alpha value is -3.49. The maximum absolute atomic E-state index is 12.9. The molecule has 1 saturated heterocycles. The Kier molecular flexibility index (Phi) is 8.74. The van der Waals surface area contributed by atoms with E-state index < -0.39 is 6.61 Å². The predicted molar refractivity (Wildman–Crippen MR) is 133 cm³/mol. The van der Waals surface area contributed by atoms with Gasteiger partial charge in [0.05, 0.1) is 18.6 Å². The Morgan fingerprint density at radius 3 is 2.30 bits per heavy atom. The van der Waals surface area contributed by atoms with Crippen LogP contribution in [0.4, 0.5) is 14.5 Å². The number of halogens is 2. The monoisotopic (exact) mass is 514 g/mol. The van der Waals surface area contributed by atoms with Crippen molar-refractivity contribution in [2.45, 2.75) is 51.1 Å². The number of alkyl halides is 2. The van der Waals surface area contributed by atoms with Crippen LogP contribution in [0, 0.1) is 11.8 Å². The molecular weight excluding hydrogens is 482 g/mol. The van der Waals surface area contributed by atoms with E-state index >= 15 is 0 Å². The normalized spacial score (nSPS) is 20.4. The smallest absolute Gasteiger partial charge is 0.387 e. The van der Waals surface area contributed by atoms with Crippen LogP contribution in [-0.4, -0.2) is 49.5 Å². The van der Waals surface area contributed by atoms with Crippen LogP contribution in [0.1, 0.15) is 60.4 Å². The van der Waals surface area contributed by atoms with Crippen LogP contribution in [0.5, 0.6) is 5.75 Å². The largest absolute Gasteiger partial charge is 0.469 e. The molecule has 2 aliphatic rings. The maximum atomic E-state index is 12.9. The van der Waals surface area contributed by atoms with Crippen LogP contribution >= 0.6 is 0 Å². The van der Waals surface area contributed by atoms with Gasteiger partial charge < -0.3 is 19.7 Å². The van der Waals surface area contributed by atoms with Gasteiger partial charge in [-0.05, 0) is 67.9 Å². The predicted octanol–water partition coefficient (Wildman–Crippen LogP) is 5.23. The Labute approximate surface area is 215 Å². The second-order valence-corrected chi connectivity index (χ2v) is 9.64. The van der Waals surface area contributed by atoms with Crippen molar-refractivity contribution in [3.63, 3.8) is 0 Å². The highest BCUT2D eigenvalue weighted by Crippen LogP contribution is 2.33. The van der Waals surface area contributed by atoms with E-state index in [4.69, 9.17) is 4.74 Å². The number of nitrogens with zero attached hydrogens (tertiary/aromatic N) is 1. The van der Waals surface area contributed by atoms with E-state index in [0.717, 1.165) is 37.7 Å². The van der Waals surface area contributed by atoms with Crippen molar-refractivity contribution in [1.82, 2.24) is 4.90 Å². The van der Waals surface area contributed by atoms with Gasteiger partial charge in [0.2, 0.25) is 5.91 Å². The van der Waals surface area contributed by atoms with Crippen LogP contribution in [0.15, 0.2) is 48.5 Å². The van der Waals surface area contributed by atoms with Gasteiger partial charge in [-0.25, -0.2) is 0 Å². The first-order chi connectivity index (χ1) is 17.9. The lowest BCUT2D eigenvalue weighted by atomic mass is 9.81. The number of amides is 2. The van der Waals surface area contributed by atoms with E-state index in [9.17, 15) is 23.2 Å². The molecule has 1 saturated carbocycles. The number of likely N-dealkylation sites (tertiary alicyclic amines) is 1. The highest BCUT2D eigenvalue weighted by Gasteiger charge is 2.32. The zero-order chi connectivity index (χ0) is 26.4. The Morgan fingerprint density at radius 2 is 1.62 bits per heavy atom. The number of piperidine rings is 1. The van der Waals surface area contributed by atoms with Crippen LogP contribution < -0.4 is 10.1 Å². The standard InChI is InChI=1S/C28H32F2N2O5/c1-36-27(35)21-6-4-5-20(17-21)25(33)31-22-11-9-18(10-12-22)19-13-15-32(16-14-19)26(34)23-7-2-3-8-24(23)37-28(29)30/h2-3,7-12,19-21,28H,4-6,13-17H2,1H3,(H,31,33). The topological polar surface area (TPSA) is 84.9 Å². The Morgan fingerprint density at radius 1 is 0.946 bits per heavy atom. The van der Waals surface area contributed by atoms with Gasteiger partial charge in [0.1, 0.15) is 5.75 Å². The molecule has 9 heteroatoms. The van der Waals surface area contributed by atoms with Crippen molar-refractivity contribution in [3.05, 3.63) is 59.7 Å². The van der Waals surface area contributed by atoms with Crippen LogP contribution in [0.2, 0.25) is 0 Å². The van der Waals surface area contributed by atoms with Crippen LogP contribution in [0.3, 0.4) is 0 Å². The van der Waals surface area contributed by atoms with Crippen LogP contribution in [-0.2, 0) is 14.3 Å². The lowest BCUT2D eigenvalue weighted by Gasteiger charge is -2.32. The maximum Gasteiger partial charge on any atom is 0.387 e. The number of anilines is 1. The zero-order valence-electron chi connectivity index (χ0n) is 20.8. The lowest BCUT2D eigenvalue weighted by molar-refractivity contribution is -0.147. The first-order valence-corrected chi connectivity index (χ1v) is 12.7. The van der Waals surface area contributed by atoms with Gasteiger partial charge in [-0.2, -0.15) is 8.78 Å².